The second kappa shape index (κ2) is 13.5. The van der Waals surface area contributed by atoms with Crippen LogP contribution in [0.25, 0.3) is 0 Å². The molecule has 0 radical (unpaired) electrons. The number of amides is 4. The third-order valence-corrected chi connectivity index (χ3v) is 12.0. The van der Waals surface area contributed by atoms with E-state index in [0.717, 1.165) is 22.2 Å². The molecule has 2 aliphatic carbocycles. The Morgan fingerprint density at radius 2 is 1.49 bits per heavy atom. The third kappa shape index (κ3) is 5.69. The number of phenolic OH excluding ortho intramolecular Hbond substituents is 1. The number of allylic oxidation sites excluding steroid dienone is 2. The maximum atomic E-state index is 14.6. The quantitative estimate of drug-likeness (QED) is 0.114. The molecule has 6 atom stereocenters. The summed E-state index contributed by atoms with van der Waals surface area (Å²) in [5.41, 5.74) is 2.80. The van der Waals surface area contributed by atoms with Crippen LogP contribution < -0.4 is 19.4 Å². The molecule has 0 spiro atoms. The topological polar surface area (TPSA) is 132 Å². The molecule has 6 unspecified atom stereocenters. The number of carbonyl (C=O) groups excluding carboxylic acids is 4. The summed E-state index contributed by atoms with van der Waals surface area (Å²) in [7, 11) is 5.32. The van der Waals surface area contributed by atoms with Crippen molar-refractivity contribution < 1.29 is 33.4 Å². The molecule has 2 aliphatic heterocycles. The van der Waals surface area contributed by atoms with Gasteiger partial charge in [-0.2, -0.15) is 10.2 Å². The summed E-state index contributed by atoms with van der Waals surface area (Å²) in [6.07, 6.45) is 2.32. The number of anilines is 3. The van der Waals surface area contributed by atoms with Crippen LogP contribution >= 0.6 is 11.6 Å². The van der Waals surface area contributed by atoms with E-state index in [4.69, 9.17) is 16.3 Å². The fourth-order valence-corrected chi connectivity index (χ4v) is 9.17. The summed E-state index contributed by atoms with van der Waals surface area (Å²) >= 11 is 6.11. The van der Waals surface area contributed by atoms with Crippen LogP contribution in [0.3, 0.4) is 0 Å². The number of nitrogens with zero attached hydrogens (tertiary/aromatic N) is 5. The first-order chi connectivity index (χ1) is 26.3. The SMILES string of the molecule is COc1cc(C2C3=CCC4C(=O)N(c5ccc(N=Nc6ccc(N(C)C)cc6)cc5)C(=O)C4C3CC3C(=O)N(c4ccc(F)c(Cl)c4)C(=O)C32C)ccc1O. The van der Waals surface area contributed by atoms with Crippen LogP contribution in [0.5, 0.6) is 11.5 Å². The second-order valence-electron chi connectivity index (χ2n) is 14.8. The van der Waals surface area contributed by atoms with Crippen molar-refractivity contribution in [2.24, 2.45) is 39.3 Å². The lowest BCUT2D eigenvalue weighted by molar-refractivity contribution is -0.131. The van der Waals surface area contributed by atoms with E-state index in [1.165, 1.54) is 30.2 Å². The van der Waals surface area contributed by atoms with E-state index >= 15 is 0 Å². The van der Waals surface area contributed by atoms with Gasteiger partial charge in [-0.3, -0.25) is 24.1 Å². The van der Waals surface area contributed by atoms with Crippen molar-refractivity contribution in [3.8, 4) is 11.5 Å². The first kappa shape index (κ1) is 36.1. The highest BCUT2D eigenvalue weighted by atomic mass is 35.5. The van der Waals surface area contributed by atoms with Crippen LogP contribution in [-0.2, 0) is 19.2 Å². The monoisotopic (exact) mass is 761 g/mol. The Bertz CT molecular complexity index is 2330. The van der Waals surface area contributed by atoms with Crippen molar-refractivity contribution in [1.29, 1.82) is 0 Å². The molecule has 4 aromatic carbocycles. The van der Waals surface area contributed by atoms with E-state index in [9.17, 15) is 28.7 Å². The molecule has 13 heteroatoms. The van der Waals surface area contributed by atoms with Crippen molar-refractivity contribution in [2.75, 3.05) is 35.9 Å². The fourth-order valence-electron chi connectivity index (χ4n) is 9.00. The van der Waals surface area contributed by atoms with Crippen LogP contribution in [0, 0.1) is 34.9 Å². The molecule has 55 heavy (non-hydrogen) atoms. The zero-order valence-corrected chi connectivity index (χ0v) is 31.2. The van der Waals surface area contributed by atoms with Crippen LogP contribution in [-0.4, -0.2) is 49.9 Å². The number of methoxy groups -OCH3 is 1. The van der Waals surface area contributed by atoms with E-state index < -0.39 is 52.6 Å². The number of hydrogen-bond acceptors (Lipinski definition) is 9. The number of imide groups is 2. The minimum Gasteiger partial charge on any atom is -0.504 e. The molecule has 8 rings (SSSR count). The van der Waals surface area contributed by atoms with Crippen molar-refractivity contribution in [2.45, 2.75) is 25.7 Å². The Morgan fingerprint density at radius 3 is 2.13 bits per heavy atom. The fraction of sp³-hybridized carbons (Fsp3) is 0.286. The molecule has 1 saturated carbocycles. The highest BCUT2D eigenvalue weighted by molar-refractivity contribution is 6.32. The lowest BCUT2D eigenvalue weighted by atomic mass is 9.51. The number of azo groups is 1. The smallest absolute Gasteiger partial charge is 0.241 e. The number of aromatic hydroxyl groups is 1. The Balaban J connectivity index is 1.14. The summed E-state index contributed by atoms with van der Waals surface area (Å²) in [4.78, 5) is 61.9. The van der Waals surface area contributed by atoms with Gasteiger partial charge in [0.2, 0.25) is 23.6 Å². The third-order valence-electron chi connectivity index (χ3n) is 11.7. The molecule has 11 nitrogen and oxygen atoms in total. The zero-order valence-electron chi connectivity index (χ0n) is 30.4. The van der Waals surface area contributed by atoms with Crippen molar-refractivity contribution in [3.05, 3.63) is 113 Å². The lowest BCUT2D eigenvalue weighted by Crippen LogP contribution is -2.48. The number of hydrogen-bond donors (Lipinski definition) is 1. The standard InChI is InChI=1S/C42H37ClFN5O6/c1-42-31(39(52)49(41(42)54)27-14-17-33(44)32(43)20-27)21-30-28(37(42)22-5-18-34(50)35(19-22)55-4)15-16-29-36(30)40(53)48(38(29)51)26-12-8-24(9-13-26)46-45-23-6-10-25(11-7-23)47(2)3/h5-15,17-20,29-31,36-37,50H,16,21H2,1-4H3. The summed E-state index contributed by atoms with van der Waals surface area (Å²) < 4.78 is 19.6. The molecule has 4 aromatic rings. The van der Waals surface area contributed by atoms with Crippen molar-refractivity contribution in [1.82, 2.24) is 0 Å². The van der Waals surface area contributed by atoms with E-state index in [2.05, 4.69) is 10.2 Å². The first-order valence-electron chi connectivity index (χ1n) is 17.9. The van der Waals surface area contributed by atoms with Gasteiger partial charge >= 0.3 is 0 Å². The summed E-state index contributed by atoms with van der Waals surface area (Å²) in [5.74, 6) is -6.01. The number of fused-ring (bicyclic) bond motifs is 4. The molecule has 2 saturated heterocycles. The normalized spacial score (nSPS) is 25.9. The molecule has 4 amide bonds. The van der Waals surface area contributed by atoms with Crippen molar-refractivity contribution >= 4 is 63.7 Å². The lowest BCUT2D eigenvalue weighted by Gasteiger charge is -2.49. The minimum atomic E-state index is -1.35. The van der Waals surface area contributed by atoms with Crippen LogP contribution in [0.2, 0.25) is 5.02 Å². The van der Waals surface area contributed by atoms with Gasteiger partial charge in [-0.25, -0.2) is 9.29 Å². The summed E-state index contributed by atoms with van der Waals surface area (Å²) in [6.45, 7) is 1.74. The minimum absolute atomic E-state index is 0.104. The Morgan fingerprint density at radius 1 is 0.836 bits per heavy atom. The van der Waals surface area contributed by atoms with Gasteiger partial charge in [0, 0.05) is 25.7 Å². The molecular formula is C42H37ClFN5O6. The molecule has 2 heterocycles. The number of ether oxygens (including phenoxy) is 1. The highest BCUT2D eigenvalue weighted by Crippen LogP contribution is 2.64. The number of benzene rings is 4. The first-order valence-corrected chi connectivity index (χ1v) is 18.3. The molecule has 0 aromatic heterocycles. The Kier molecular flexibility index (Phi) is 8.83. The van der Waals surface area contributed by atoms with Gasteiger partial charge < -0.3 is 14.7 Å². The molecule has 3 fully saturated rings. The largest absolute Gasteiger partial charge is 0.504 e. The predicted octanol–water partition coefficient (Wildman–Crippen LogP) is 8.11. The van der Waals surface area contributed by atoms with Crippen molar-refractivity contribution in [3.63, 3.8) is 0 Å². The van der Waals surface area contributed by atoms with Gasteiger partial charge in [0.1, 0.15) is 5.82 Å². The summed E-state index contributed by atoms with van der Waals surface area (Å²) in [6, 6.07) is 22.8. The Labute approximate surface area is 321 Å². The molecule has 4 aliphatic rings. The number of phenols is 1. The number of carbonyl (C=O) groups is 4. The van der Waals surface area contributed by atoms with Crippen LogP contribution in [0.4, 0.5) is 32.8 Å². The van der Waals surface area contributed by atoms with E-state index in [0.29, 0.717) is 22.6 Å². The average Bonchev–Trinajstić information content (AvgIpc) is 3.55. The van der Waals surface area contributed by atoms with Gasteiger partial charge in [-0.1, -0.05) is 29.3 Å². The van der Waals surface area contributed by atoms with E-state index in [1.54, 1.807) is 43.3 Å². The average molecular weight is 762 g/mol. The number of rotatable bonds is 7. The van der Waals surface area contributed by atoms with E-state index in [1.807, 2.05) is 49.3 Å². The number of halogens is 2. The molecule has 280 valence electrons. The van der Waals surface area contributed by atoms with Gasteiger partial charge in [0.05, 0.1) is 58.1 Å². The second-order valence-corrected chi connectivity index (χ2v) is 15.2. The molecule has 1 N–H and O–H groups in total. The summed E-state index contributed by atoms with van der Waals surface area (Å²) in [5, 5.41) is 18.9. The predicted molar refractivity (Wildman–Crippen MR) is 205 cm³/mol. The maximum absolute atomic E-state index is 14.6. The van der Waals surface area contributed by atoms with Gasteiger partial charge in [-0.05, 0) is 110 Å². The van der Waals surface area contributed by atoms with Gasteiger partial charge in [0.15, 0.2) is 11.5 Å². The van der Waals surface area contributed by atoms with Gasteiger partial charge in [0.25, 0.3) is 0 Å². The van der Waals surface area contributed by atoms with Crippen LogP contribution in [0.15, 0.2) is 107 Å². The molecular weight excluding hydrogens is 725 g/mol. The van der Waals surface area contributed by atoms with E-state index in [-0.39, 0.29) is 46.9 Å². The molecule has 0 bridgehead atoms. The maximum Gasteiger partial charge on any atom is 0.241 e. The Hall–Kier alpha value is -5.88. The highest BCUT2D eigenvalue weighted by Gasteiger charge is 2.67. The van der Waals surface area contributed by atoms with Crippen LogP contribution in [0.1, 0.15) is 31.2 Å². The zero-order chi connectivity index (χ0) is 38.9. The van der Waals surface area contributed by atoms with Gasteiger partial charge in [-0.15, -0.1) is 0 Å².